The van der Waals surface area contributed by atoms with Gasteiger partial charge in [-0.05, 0) is 60.2 Å². The molecule has 208 valence electrons. The lowest BCUT2D eigenvalue weighted by Crippen LogP contribution is -2.47. The Balaban J connectivity index is 1.18. The highest BCUT2D eigenvalue weighted by Gasteiger charge is 2.35. The average Bonchev–Trinajstić information content (AvgIpc) is 3.53. The van der Waals surface area contributed by atoms with Crippen molar-refractivity contribution >= 4 is 40.2 Å². The van der Waals surface area contributed by atoms with Gasteiger partial charge in [0.2, 0.25) is 0 Å². The van der Waals surface area contributed by atoms with E-state index in [2.05, 4.69) is 15.5 Å². The van der Waals surface area contributed by atoms with Crippen LogP contribution in [0.5, 0.6) is 11.5 Å². The van der Waals surface area contributed by atoms with Crippen molar-refractivity contribution in [2.24, 2.45) is 5.92 Å². The summed E-state index contributed by atoms with van der Waals surface area (Å²) in [5.41, 5.74) is 3.53. The molecular formula is C31H28N4O5S. The molecule has 5 heterocycles. The van der Waals surface area contributed by atoms with Crippen LogP contribution in [0.1, 0.15) is 38.1 Å². The van der Waals surface area contributed by atoms with Crippen molar-refractivity contribution in [1.82, 2.24) is 4.57 Å². The first-order valence-electron chi connectivity index (χ1n) is 13.7. The van der Waals surface area contributed by atoms with Crippen LogP contribution in [0.2, 0.25) is 0 Å². The first-order chi connectivity index (χ1) is 20.0. The molecule has 2 atom stereocenters. The van der Waals surface area contributed by atoms with Gasteiger partial charge >= 0.3 is 0 Å². The molecule has 1 fully saturated rings. The van der Waals surface area contributed by atoms with Crippen molar-refractivity contribution < 1.29 is 19.1 Å². The smallest absolute Gasteiger partial charge is 0.265 e. The van der Waals surface area contributed by atoms with Gasteiger partial charge in [-0.15, -0.1) is 11.3 Å². The topological polar surface area (TPSA) is 102 Å². The van der Waals surface area contributed by atoms with Gasteiger partial charge in [0.15, 0.2) is 11.5 Å². The zero-order chi connectivity index (χ0) is 27.9. The van der Waals surface area contributed by atoms with Crippen LogP contribution in [0.25, 0.3) is 0 Å². The summed E-state index contributed by atoms with van der Waals surface area (Å²) in [4.78, 5) is 41.8. The molecule has 9 nitrogen and oxygen atoms in total. The van der Waals surface area contributed by atoms with E-state index >= 15 is 0 Å². The summed E-state index contributed by atoms with van der Waals surface area (Å²) >= 11 is 1.36. The van der Waals surface area contributed by atoms with E-state index in [9.17, 15) is 14.4 Å². The lowest BCUT2D eigenvalue weighted by Gasteiger charge is -2.44. The first kappa shape index (κ1) is 25.4. The number of rotatable bonds is 5. The summed E-state index contributed by atoms with van der Waals surface area (Å²) in [7, 11) is 0. The molecule has 0 saturated carbocycles. The van der Waals surface area contributed by atoms with E-state index in [1.807, 2.05) is 34.2 Å². The van der Waals surface area contributed by atoms with Gasteiger partial charge in [0.25, 0.3) is 17.4 Å². The van der Waals surface area contributed by atoms with E-state index in [1.165, 1.54) is 11.3 Å². The molecule has 2 N–H and O–H groups in total. The van der Waals surface area contributed by atoms with Crippen LogP contribution in [-0.2, 0) is 6.54 Å². The summed E-state index contributed by atoms with van der Waals surface area (Å²) in [6.45, 7) is 3.09. The summed E-state index contributed by atoms with van der Waals surface area (Å²) in [6, 6.07) is 19.8. The number of benzene rings is 2. The Bertz CT molecular complexity index is 1700. The molecule has 0 aliphatic carbocycles. The minimum absolute atomic E-state index is 0.0444. The zero-order valence-electron chi connectivity index (χ0n) is 22.2. The molecule has 10 heteroatoms. The van der Waals surface area contributed by atoms with Gasteiger partial charge in [-0.3, -0.25) is 14.4 Å². The molecule has 0 spiro atoms. The minimum atomic E-state index is -0.302. The van der Waals surface area contributed by atoms with Crippen LogP contribution in [-0.4, -0.2) is 42.7 Å². The number of aromatic nitrogens is 1. The Morgan fingerprint density at radius 1 is 0.854 bits per heavy atom. The lowest BCUT2D eigenvalue weighted by atomic mass is 9.83. The van der Waals surface area contributed by atoms with Crippen molar-refractivity contribution in [3.05, 3.63) is 98.6 Å². The molecule has 2 unspecified atom stereocenters. The Kier molecular flexibility index (Phi) is 6.47. The average molecular weight is 569 g/mol. The van der Waals surface area contributed by atoms with Gasteiger partial charge in [0.1, 0.15) is 13.2 Å². The fraction of sp³-hybridized carbons (Fsp3) is 0.258. The van der Waals surface area contributed by atoms with Crippen molar-refractivity contribution in [2.75, 3.05) is 41.8 Å². The van der Waals surface area contributed by atoms with Crippen molar-refractivity contribution in [3.8, 4) is 11.5 Å². The number of piperidine rings is 1. The number of nitrogens with zero attached hydrogens (tertiary/aromatic N) is 2. The Hall–Kier alpha value is -4.57. The fourth-order valence-corrected chi connectivity index (χ4v) is 6.68. The number of pyridine rings is 1. The van der Waals surface area contributed by atoms with Crippen molar-refractivity contribution in [2.45, 2.75) is 18.9 Å². The van der Waals surface area contributed by atoms with Crippen LogP contribution >= 0.6 is 11.3 Å². The van der Waals surface area contributed by atoms with E-state index in [4.69, 9.17) is 9.47 Å². The Morgan fingerprint density at radius 2 is 1.73 bits per heavy atom. The third kappa shape index (κ3) is 4.95. The van der Waals surface area contributed by atoms with Crippen LogP contribution in [0.15, 0.2) is 76.9 Å². The molecule has 41 heavy (non-hydrogen) atoms. The summed E-state index contributed by atoms with van der Waals surface area (Å²) in [5, 5.41) is 7.85. The highest BCUT2D eigenvalue weighted by molar-refractivity contribution is 7.12. The third-order valence-electron chi connectivity index (χ3n) is 7.87. The number of fused-ring (bicyclic) bond motifs is 5. The molecule has 3 aliphatic rings. The van der Waals surface area contributed by atoms with Gasteiger partial charge in [0.05, 0.1) is 16.3 Å². The van der Waals surface area contributed by atoms with Crippen LogP contribution in [0, 0.1) is 5.92 Å². The number of amides is 2. The number of ether oxygens (including phenoxy) is 2. The second-order valence-electron chi connectivity index (χ2n) is 10.6. The number of nitrogens with one attached hydrogen (secondary N) is 2. The summed E-state index contributed by atoms with van der Waals surface area (Å²) < 4.78 is 13.1. The Morgan fingerprint density at radius 3 is 2.59 bits per heavy atom. The molecule has 2 amide bonds. The highest BCUT2D eigenvalue weighted by atomic mass is 32.1. The molecule has 0 radical (unpaired) electrons. The maximum Gasteiger partial charge on any atom is 0.265 e. The Labute approximate surface area is 240 Å². The molecule has 7 rings (SSSR count). The molecule has 4 aromatic rings. The quantitative estimate of drug-likeness (QED) is 0.358. The van der Waals surface area contributed by atoms with Crippen LogP contribution in [0.4, 0.5) is 17.1 Å². The second kappa shape index (κ2) is 10.4. The number of hydrogen-bond acceptors (Lipinski definition) is 7. The van der Waals surface area contributed by atoms with Gasteiger partial charge in [0, 0.05) is 54.6 Å². The number of carbonyl (C=O) groups is 2. The monoisotopic (exact) mass is 568 g/mol. The van der Waals surface area contributed by atoms with Crippen LogP contribution < -0.4 is 30.6 Å². The molecule has 2 bridgehead atoms. The minimum Gasteiger partial charge on any atom is -0.486 e. The molecular weight excluding hydrogens is 540 g/mol. The summed E-state index contributed by atoms with van der Waals surface area (Å²) in [5.74, 6) is 1.22. The third-order valence-corrected chi connectivity index (χ3v) is 8.74. The molecule has 2 aromatic heterocycles. The maximum absolute atomic E-state index is 13.3. The van der Waals surface area contributed by atoms with Crippen LogP contribution in [0.3, 0.4) is 0 Å². The number of hydrogen-bond donors (Lipinski definition) is 2. The molecule has 2 aromatic carbocycles. The van der Waals surface area contributed by atoms with E-state index in [0.717, 1.165) is 24.3 Å². The normalized spacial score (nSPS) is 18.8. The van der Waals surface area contributed by atoms with Gasteiger partial charge < -0.3 is 29.6 Å². The van der Waals surface area contributed by atoms with Gasteiger partial charge in [-0.2, -0.15) is 0 Å². The van der Waals surface area contributed by atoms with Gasteiger partial charge in [-0.1, -0.05) is 12.1 Å². The van der Waals surface area contributed by atoms with E-state index in [0.29, 0.717) is 65.5 Å². The lowest BCUT2D eigenvalue weighted by molar-refractivity contribution is 0.101. The zero-order valence-corrected chi connectivity index (χ0v) is 23.0. The maximum atomic E-state index is 13.3. The molecule has 3 aliphatic heterocycles. The number of carbonyl (C=O) groups excluding carboxylic acids is 2. The number of thiophene rings is 1. The van der Waals surface area contributed by atoms with Crippen molar-refractivity contribution in [1.29, 1.82) is 0 Å². The SMILES string of the molecule is O=C(Nc1ccc2c(c1)OCCO2)c1ccc(N2CC3CC(C2)c2cccc(=O)n2C3)c(NC(=O)c2cccs2)c1. The molecule has 1 saturated heterocycles. The van der Waals surface area contributed by atoms with Gasteiger partial charge in [-0.25, -0.2) is 0 Å². The standard InChI is InChI=1S/C31H28N4O5S/c36-29-5-1-3-24-21-13-19(17-35(24)29)16-34(18-21)25-8-6-20(14-23(25)33-31(38)28-4-2-12-41-28)30(37)32-22-7-9-26-27(15-22)40-11-10-39-26/h1-9,12,14-15,19,21H,10-11,13,16-18H2,(H,32,37)(H,33,38). The highest BCUT2D eigenvalue weighted by Crippen LogP contribution is 2.40. The van der Waals surface area contributed by atoms with E-state index < -0.39 is 0 Å². The largest absolute Gasteiger partial charge is 0.486 e. The predicted molar refractivity (Wildman–Crippen MR) is 158 cm³/mol. The van der Waals surface area contributed by atoms with E-state index in [1.54, 1.807) is 42.5 Å². The summed E-state index contributed by atoms with van der Waals surface area (Å²) in [6.07, 6.45) is 1.02. The fourth-order valence-electron chi connectivity index (χ4n) is 6.06. The van der Waals surface area contributed by atoms with E-state index in [-0.39, 0.29) is 23.3 Å². The second-order valence-corrected chi connectivity index (χ2v) is 11.5. The first-order valence-corrected chi connectivity index (χ1v) is 14.5. The van der Waals surface area contributed by atoms with Crippen molar-refractivity contribution in [3.63, 3.8) is 0 Å². The number of anilines is 3. The predicted octanol–water partition coefficient (Wildman–Crippen LogP) is 4.81.